The highest BCUT2D eigenvalue weighted by Gasteiger charge is 2.38. The van der Waals surface area contributed by atoms with Crippen LogP contribution in [0.15, 0.2) is 60.8 Å². The molecule has 1 saturated heterocycles. The van der Waals surface area contributed by atoms with E-state index in [1.807, 2.05) is 12.1 Å². The zero-order chi connectivity index (χ0) is 30.8. The van der Waals surface area contributed by atoms with Gasteiger partial charge in [-0.3, -0.25) is 20.0 Å². The summed E-state index contributed by atoms with van der Waals surface area (Å²) in [5.74, 6) is -5.51. The van der Waals surface area contributed by atoms with Crippen molar-refractivity contribution in [3.63, 3.8) is 0 Å². The number of aromatic nitrogens is 1. The Morgan fingerprint density at radius 1 is 0.854 bits per heavy atom. The van der Waals surface area contributed by atoms with Gasteiger partial charge >= 0.3 is 24.3 Å². The number of rotatable bonds is 5. The summed E-state index contributed by atoms with van der Waals surface area (Å²) in [6.07, 6.45) is -7.41. The third-order valence-electron chi connectivity index (χ3n) is 5.68. The quantitative estimate of drug-likeness (QED) is 0.245. The summed E-state index contributed by atoms with van der Waals surface area (Å²) in [7, 11) is 0. The van der Waals surface area contributed by atoms with Crippen molar-refractivity contribution in [2.45, 2.75) is 18.8 Å². The third-order valence-corrected chi connectivity index (χ3v) is 5.68. The van der Waals surface area contributed by atoms with Crippen LogP contribution >= 0.6 is 0 Å². The Labute approximate surface area is 228 Å². The molecule has 1 fully saturated rings. The number of nitro groups is 1. The number of nitrogens with zero attached hydrogens (tertiary/aromatic N) is 4. The first kappa shape index (κ1) is 32.7. The van der Waals surface area contributed by atoms with Gasteiger partial charge in [-0.05, 0) is 30.2 Å². The number of alkyl halides is 6. The summed E-state index contributed by atoms with van der Waals surface area (Å²) in [5, 5.41) is 26.1. The average molecular weight is 590 g/mol. The van der Waals surface area contributed by atoms with Crippen molar-refractivity contribution in [2.24, 2.45) is 0 Å². The monoisotopic (exact) mass is 590 g/mol. The van der Waals surface area contributed by atoms with E-state index >= 15 is 0 Å². The molecule has 0 saturated carbocycles. The molecule has 0 amide bonds. The molecule has 0 atom stereocenters. The summed E-state index contributed by atoms with van der Waals surface area (Å²) < 4.78 is 63.5. The fraction of sp³-hybridized carbons (Fsp3) is 0.320. The van der Waals surface area contributed by atoms with Crippen LogP contribution in [0.4, 0.5) is 37.7 Å². The van der Waals surface area contributed by atoms with Crippen LogP contribution in [0.3, 0.4) is 0 Å². The van der Waals surface area contributed by atoms with E-state index in [2.05, 4.69) is 39.0 Å². The van der Waals surface area contributed by atoms with E-state index in [9.17, 15) is 36.5 Å². The van der Waals surface area contributed by atoms with Gasteiger partial charge in [0.05, 0.1) is 16.0 Å². The first-order chi connectivity index (χ1) is 19.1. The Morgan fingerprint density at radius 2 is 1.39 bits per heavy atom. The van der Waals surface area contributed by atoms with Crippen LogP contribution in [-0.4, -0.2) is 82.0 Å². The number of hydrogen-bond acceptors (Lipinski definition) is 7. The van der Waals surface area contributed by atoms with E-state index in [-0.39, 0.29) is 10.6 Å². The molecule has 41 heavy (non-hydrogen) atoms. The van der Waals surface area contributed by atoms with Crippen molar-refractivity contribution in [3.05, 3.63) is 76.5 Å². The molecule has 1 aliphatic heterocycles. The highest BCUT2D eigenvalue weighted by Crippen LogP contribution is 2.32. The number of carbonyl (C=O) groups is 2. The maximum atomic E-state index is 11.3. The Morgan fingerprint density at radius 3 is 1.88 bits per heavy atom. The molecule has 1 aliphatic rings. The molecule has 2 N–H and O–H groups in total. The van der Waals surface area contributed by atoms with E-state index in [1.165, 1.54) is 5.56 Å². The zero-order valence-corrected chi connectivity index (χ0v) is 21.1. The zero-order valence-electron chi connectivity index (χ0n) is 21.1. The van der Waals surface area contributed by atoms with E-state index in [0.717, 1.165) is 44.8 Å². The molecule has 10 nitrogen and oxygen atoms in total. The van der Waals surface area contributed by atoms with Crippen LogP contribution in [0, 0.1) is 10.1 Å². The van der Waals surface area contributed by atoms with Crippen LogP contribution in [0.25, 0.3) is 10.9 Å². The van der Waals surface area contributed by atoms with Crippen molar-refractivity contribution >= 4 is 34.2 Å². The standard InChI is InChI=1S/C21H22N4O2.2C2HF3O2/c26-25(27)19-8-9-20(21-18(19)7-4-11-22-21)24-15-13-23(14-16-24)12-10-17-5-2-1-3-6-17;2*3-2(4,5)1(6)7/h1-9,11H,10,12-16H2;2*(H,6,7). The highest BCUT2D eigenvalue weighted by atomic mass is 19.4. The van der Waals surface area contributed by atoms with Gasteiger partial charge in [0.1, 0.15) is 5.52 Å². The molecule has 0 bridgehead atoms. The van der Waals surface area contributed by atoms with Gasteiger partial charge in [-0.25, -0.2) is 9.59 Å². The number of hydrogen-bond donors (Lipinski definition) is 2. The summed E-state index contributed by atoms with van der Waals surface area (Å²) >= 11 is 0. The molecule has 2 heterocycles. The Balaban J connectivity index is 0.000000349. The van der Waals surface area contributed by atoms with Gasteiger partial charge < -0.3 is 15.1 Å². The lowest BCUT2D eigenvalue weighted by Gasteiger charge is -2.36. The number of carboxylic acid groups (broad SMARTS) is 2. The molecule has 1 aromatic heterocycles. The lowest BCUT2D eigenvalue weighted by atomic mass is 10.1. The van der Waals surface area contributed by atoms with Gasteiger partial charge in [-0.15, -0.1) is 0 Å². The predicted octanol–water partition coefficient (Wildman–Crippen LogP) is 4.77. The minimum Gasteiger partial charge on any atom is -0.475 e. The van der Waals surface area contributed by atoms with E-state index < -0.39 is 24.3 Å². The predicted molar refractivity (Wildman–Crippen MR) is 135 cm³/mol. The van der Waals surface area contributed by atoms with Crippen LogP contribution in [0.5, 0.6) is 0 Å². The number of benzene rings is 2. The van der Waals surface area contributed by atoms with Crippen LogP contribution < -0.4 is 4.90 Å². The van der Waals surface area contributed by atoms with Gasteiger partial charge in [0, 0.05) is 45.0 Å². The lowest BCUT2D eigenvalue weighted by molar-refractivity contribution is -0.383. The second-order valence-electron chi connectivity index (χ2n) is 8.43. The summed E-state index contributed by atoms with van der Waals surface area (Å²) in [6.45, 7) is 4.82. The molecule has 0 spiro atoms. The number of carboxylic acids is 2. The maximum absolute atomic E-state index is 11.3. The van der Waals surface area contributed by atoms with Crippen LogP contribution in [0.1, 0.15) is 5.56 Å². The molecule has 0 unspecified atom stereocenters. The first-order valence-corrected chi connectivity index (χ1v) is 11.7. The second kappa shape index (κ2) is 14.2. The Kier molecular flexibility index (Phi) is 11.4. The van der Waals surface area contributed by atoms with Gasteiger partial charge in [0.25, 0.3) is 5.69 Å². The molecule has 222 valence electrons. The van der Waals surface area contributed by atoms with Crippen molar-refractivity contribution in [2.75, 3.05) is 37.6 Å². The largest absolute Gasteiger partial charge is 0.490 e. The van der Waals surface area contributed by atoms with Crippen molar-refractivity contribution in [1.82, 2.24) is 9.88 Å². The van der Waals surface area contributed by atoms with Gasteiger partial charge in [-0.1, -0.05) is 30.3 Å². The van der Waals surface area contributed by atoms with Gasteiger partial charge in [-0.2, -0.15) is 26.3 Å². The number of halogens is 6. The number of non-ortho nitro benzene ring substituents is 1. The van der Waals surface area contributed by atoms with Crippen molar-refractivity contribution in [3.8, 4) is 0 Å². The number of fused-ring (bicyclic) bond motifs is 1. The Hall–Kier alpha value is -4.47. The molecule has 4 rings (SSSR count). The Bertz CT molecular complexity index is 1310. The molecule has 2 aromatic carbocycles. The number of aliphatic carboxylic acids is 2. The second-order valence-corrected chi connectivity index (χ2v) is 8.43. The van der Waals surface area contributed by atoms with E-state index in [4.69, 9.17) is 19.8 Å². The lowest BCUT2D eigenvalue weighted by Crippen LogP contribution is -2.47. The molecule has 16 heteroatoms. The van der Waals surface area contributed by atoms with Crippen molar-refractivity contribution < 1.29 is 51.1 Å². The summed E-state index contributed by atoms with van der Waals surface area (Å²) in [6, 6.07) is 17.5. The summed E-state index contributed by atoms with van der Waals surface area (Å²) in [4.78, 5) is 37.9. The normalized spacial score (nSPS) is 13.9. The number of piperazine rings is 1. The SMILES string of the molecule is O=C(O)C(F)(F)F.O=C(O)C(F)(F)F.O=[N+]([O-])c1ccc(N2CCN(CCc3ccccc3)CC2)c2ncccc12. The third kappa shape index (κ3) is 10.2. The van der Waals surface area contributed by atoms with Gasteiger partial charge in [0.15, 0.2) is 0 Å². The fourth-order valence-corrected chi connectivity index (χ4v) is 3.70. The van der Waals surface area contributed by atoms with Crippen LogP contribution in [-0.2, 0) is 16.0 Å². The number of nitro benzene ring substituents is 1. The smallest absolute Gasteiger partial charge is 0.475 e. The van der Waals surface area contributed by atoms with E-state index in [1.54, 1.807) is 24.4 Å². The topological polar surface area (TPSA) is 137 Å². The average Bonchev–Trinajstić information content (AvgIpc) is 2.92. The number of pyridine rings is 1. The number of anilines is 1. The highest BCUT2D eigenvalue weighted by molar-refractivity contribution is 5.97. The molecular formula is C25H24F6N4O6. The first-order valence-electron chi connectivity index (χ1n) is 11.7. The van der Waals surface area contributed by atoms with Crippen molar-refractivity contribution in [1.29, 1.82) is 0 Å². The maximum Gasteiger partial charge on any atom is 0.490 e. The fourth-order valence-electron chi connectivity index (χ4n) is 3.70. The molecular weight excluding hydrogens is 566 g/mol. The van der Waals surface area contributed by atoms with Crippen LogP contribution in [0.2, 0.25) is 0 Å². The van der Waals surface area contributed by atoms with Gasteiger partial charge in [0.2, 0.25) is 0 Å². The summed E-state index contributed by atoms with van der Waals surface area (Å²) in [5.41, 5.74) is 3.18. The molecule has 3 aromatic rings. The van der Waals surface area contributed by atoms with E-state index in [0.29, 0.717) is 10.9 Å². The minimum absolute atomic E-state index is 0.114. The molecule has 0 aliphatic carbocycles. The molecule has 0 radical (unpaired) electrons. The minimum atomic E-state index is -5.08.